The molecule has 0 amide bonds. The summed E-state index contributed by atoms with van der Waals surface area (Å²) in [5.41, 5.74) is 9.59. The maximum Gasteiger partial charge on any atom is 0.397 e. The summed E-state index contributed by atoms with van der Waals surface area (Å²) in [6, 6.07) is -1.68. The molecule has 25 atom stereocenters. The predicted octanol–water partition coefficient (Wildman–Crippen LogP) is -3.51. The van der Waals surface area contributed by atoms with Crippen molar-refractivity contribution in [1.82, 2.24) is 0 Å². The van der Waals surface area contributed by atoms with E-state index in [9.17, 15) is 77.2 Å². The Balaban J connectivity index is 1.61. The van der Waals surface area contributed by atoms with Crippen molar-refractivity contribution in [3.8, 4) is 0 Å². The van der Waals surface area contributed by atoms with Crippen molar-refractivity contribution in [1.29, 1.82) is 0 Å². The molecule has 5 heterocycles. The molecule has 0 radical (unpaired) electrons. The maximum absolute atomic E-state index is 13.4. The van der Waals surface area contributed by atoms with Crippen molar-refractivity contribution in [3.05, 3.63) is 10.4 Å². The van der Waals surface area contributed by atoms with E-state index in [4.69, 9.17) is 108 Å². The minimum absolute atomic E-state index is 0.135. The lowest BCUT2D eigenvalue weighted by atomic mass is 9.94. The van der Waals surface area contributed by atoms with Crippen LogP contribution in [0.15, 0.2) is 5.11 Å². The highest BCUT2D eigenvalue weighted by atomic mass is 32.3. The number of carboxylic acids is 2. The zero-order valence-electron chi connectivity index (χ0n) is 48.7. The second kappa shape index (κ2) is 38.6. The number of carbonyl (C=O) groups is 2. The van der Waals surface area contributed by atoms with Gasteiger partial charge in [0.2, 0.25) is 0 Å². The van der Waals surface area contributed by atoms with Crippen molar-refractivity contribution in [2.24, 2.45) is 5.11 Å². The van der Waals surface area contributed by atoms with Crippen LogP contribution in [0.2, 0.25) is 0 Å². The molecule has 95 heavy (non-hydrogen) atoms. The molecule has 0 aromatic heterocycles. The van der Waals surface area contributed by atoms with E-state index in [-0.39, 0.29) is 24.6 Å². The molecule has 0 saturated carbocycles. The van der Waals surface area contributed by atoms with Gasteiger partial charge in [-0.1, -0.05) is 20.2 Å². The van der Waals surface area contributed by atoms with Gasteiger partial charge >= 0.3 is 53.5 Å². The Morgan fingerprint density at radius 3 is 1.09 bits per heavy atom. The summed E-state index contributed by atoms with van der Waals surface area (Å²) in [4.78, 5) is 29.5. The van der Waals surface area contributed by atoms with Gasteiger partial charge in [0.05, 0.1) is 25.9 Å². The van der Waals surface area contributed by atoms with E-state index in [1.54, 1.807) is 0 Å². The molecule has 0 spiro atoms. The molecular formula is C37H61N3O48S7. The molecule has 51 nitrogen and oxygen atoms in total. The van der Waals surface area contributed by atoms with Crippen LogP contribution in [-0.4, -0.2) is 313 Å². The van der Waals surface area contributed by atoms with Crippen LogP contribution < -0.4 is 0 Å². The van der Waals surface area contributed by atoms with Gasteiger partial charge in [0, 0.05) is 54.7 Å². The first kappa shape index (κ1) is 83.3. The monoisotopic (exact) mass is 1540 g/mol. The van der Waals surface area contributed by atoms with Crippen LogP contribution in [0.4, 0.5) is 0 Å². The molecule has 5 saturated heterocycles. The van der Waals surface area contributed by atoms with Gasteiger partial charge in [0.25, 0.3) is 0 Å². The van der Waals surface area contributed by atoms with Gasteiger partial charge in [0.15, 0.2) is 92.8 Å². The summed E-state index contributed by atoms with van der Waals surface area (Å²) >= 11 is -0.791. The first-order valence-electron chi connectivity index (χ1n) is 25.3. The Kier molecular flexibility index (Phi) is 33.9. The van der Waals surface area contributed by atoms with E-state index >= 15 is 0 Å². The van der Waals surface area contributed by atoms with Crippen molar-refractivity contribution in [2.75, 3.05) is 69.6 Å². The van der Waals surface area contributed by atoms with Crippen LogP contribution in [0.3, 0.4) is 0 Å². The van der Waals surface area contributed by atoms with E-state index in [1.165, 1.54) is 0 Å². The Hall–Kier alpha value is -2.34. The largest absolute Gasteiger partial charge is 0.479 e. The Morgan fingerprint density at radius 1 is 0.411 bits per heavy atom. The van der Waals surface area contributed by atoms with Crippen molar-refractivity contribution < 1.29 is 221 Å². The lowest BCUT2D eigenvalue weighted by Gasteiger charge is -2.51. The molecule has 0 aromatic rings. The fourth-order valence-electron chi connectivity index (χ4n) is 9.96. The first-order valence-corrected chi connectivity index (χ1v) is 32.8. The molecule has 5 aliphatic heterocycles. The normalized spacial score (nSPS) is 36.7. The van der Waals surface area contributed by atoms with Crippen LogP contribution in [0.25, 0.3) is 10.4 Å². The third-order valence-electron chi connectivity index (χ3n) is 13.5. The minimum atomic E-state index is -5.98. The number of nitrogens with zero attached hydrogens (tertiary/aromatic N) is 3. The molecule has 554 valence electrons. The van der Waals surface area contributed by atoms with E-state index in [0.717, 1.165) is 49.8 Å². The summed E-state index contributed by atoms with van der Waals surface area (Å²) in [5.74, 6) is -4.03. The van der Waals surface area contributed by atoms with E-state index < -0.39 is 239 Å². The smallest absolute Gasteiger partial charge is 0.397 e. The van der Waals surface area contributed by atoms with Gasteiger partial charge in [-0.25, -0.2) is 42.1 Å². The number of ether oxygens (including phenoxy) is 16. The van der Waals surface area contributed by atoms with Gasteiger partial charge in [-0.15, -0.1) is 13.0 Å². The molecule has 5 fully saturated rings. The first-order chi connectivity index (χ1) is 44.8. The molecule has 58 heteroatoms. The molecule has 5 aliphatic rings. The van der Waals surface area contributed by atoms with Gasteiger partial charge in [-0.3, -0.25) is 30.8 Å². The second-order valence-electron chi connectivity index (χ2n) is 18.6. The molecule has 9 N–H and O–H groups in total. The number of aliphatic carboxylic acids is 2. The topological polar surface area (TPSA) is 669 Å². The highest BCUT2D eigenvalue weighted by Gasteiger charge is 2.62. The van der Waals surface area contributed by atoms with Crippen molar-refractivity contribution in [3.63, 3.8) is 0 Å². The summed E-state index contributed by atoms with van der Waals surface area (Å²) < 4.78 is 276. The van der Waals surface area contributed by atoms with Gasteiger partial charge < -0.3 is 86.0 Å². The molecule has 0 aromatic carbocycles. The van der Waals surface area contributed by atoms with Gasteiger partial charge in [-0.05, 0) is 5.53 Å². The predicted molar refractivity (Wildman–Crippen MR) is 284 cm³/mol. The SMILES string of the molecule is COC1C(OC)[C@H](O[C@H]2O[C@@H](COS(=O)(=O)O)[C@@H](O[C@@H]3OC(C(=O)O)[C@@H](O[C@@H]4OC(COS(=O)(=O)O)C(OC)[C@H](OC)C4N=[N+]=[N-])[C@H](OC)C3OC)C(OSOOO)C2OS(=O)(=O)O)[C@H](C(=O)O)O[C@@H]1O[C@@H]1C(COS(=O)(=O)O)O[C@H](OC)C(OSOOO)[C@H]1OSOOO. The number of hydrogen-bond acceptors (Lipinski definition) is 46. The molecule has 0 bridgehead atoms. The lowest BCUT2D eigenvalue weighted by molar-refractivity contribution is -0.436. The van der Waals surface area contributed by atoms with Crippen LogP contribution in [0.1, 0.15) is 0 Å². The van der Waals surface area contributed by atoms with E-state index in [2.05, 4.69) is 50.7 Å². The Morgan fingerprint density at radius 2 is 0.747 bits per heavy atom. The summed E-state index contributed by atoms with van der Waals surface area (Å²) in [7, 11) is -15.4. The van der Waals surface area contributed by atoms with Crippen molar-refractivity contribution >= 4 is 90.5 Å². The van der Waals surface area contributed by atoms with Crippen LogP contribution in [0, 0.1) is 0 Å². The fourth-order valence-corrected chi connectivity index (χ4v) is 12.4. The quantitative estimate of drug-likeness (QED) is 0.00419. The Bertz CT molecular complexity index is 2890. The summed E-state index contributed by atoms with van der Waals surface area (Å²) in [6.45, 7) is -3.84. The molecular weight excluding hydrogens is 1480 g/mol. The third kappa shape index (κ3) is 23.6. The number of methoxy groups -OCH3 is 7. The molecule has 5 rings (SSSR count). The maximum atomic E-state index is 13.4. The van der Waals surface area contributed by atoms with Crippen LogP contribution in [0.5, 0.6) is 0 Å². The second-order valence-corrected chi connectivity index (χ2v) is 24.3. The van der Waals surface area contributed by atoms with E-state index in [0.29, 0.717) is 0 Å². The third-order valence-corrected chi connectivity index (χ3v) is 16.5. The standard InChI is InChI=1S/C37H61N3O48S7/c1-60-15-11(8-67-92(48,49)50)70-33(14(39-40-38)18(15)61-2)75-21-19(62-3)27(64-5)36(77-25(21)31(41)42)74-17-13(10-69-94(54,55)56)72-37(30(82-95(57,58)59)24(17)80-90-87-84-46)76-22-20(63-4)28(65-6)35(78-26(22)32(43)44)73-16-12(9-68-93(51,52)53)71-34(66-7)29(81-91-88-85-47)23(16)79-89-86-83-45/h11-30,33-37,45-47H,8-10H2,1-7H3,(H,41,42)(H,43,44)(H,48,49,50)(H,51,52,53)(H,54,55,56)(H,57,58,59)/t11?,12?,13-,14?,15?,16+,17+,18+,19-,20?,21-,22-,23-,24?,25?,26+,27?,28?,29?,30?,33-,34-,35-,36+,37+/m0/s1. The molecule has 11 unspecified atom stereocenters. The lowest BCUT2D eigenvalue weighted by Crippen LogP contribution is -2.69. The molecule has 0 aliphatic carbocycles. The average Bonchev–Trinajstić information content (AvgIpc) is 0.765. The highest BCUT2D eigenvalue weighted by Crippen LogP contribution is 2.42. The Labute approximate surface area is 547 Å². The van der Waals surface area contributed by atoms with Crippen molar-refractivity contribution in [2.45, 2.75) is 153 Å². The van der Waals surface area contributed by atoms with Crippen LogP contribution >= 0.6 is 37.0 Å². The van der Waals surface area contributed by atoms with Gasteiger partial charge in [-0.2, -0.15) is 33.7 Å². The highest BCUT2D eigenvalue weighted by molar-refractivity contribution is 7.90. The number of azide groups is 1. The number of carboxylic acid groups (broad SMARTS) is 2. The number of rotatable bonds is 41. The fraction of sp³-hybridized carbons (Fsp3) is 0.946. The zero-order valence-corrected chi connectivity index (χ0v) is 54.4. The number of hydrogen-bond donors (Lipinski definition) is 9. The zero-order chi connectivity index (χ0) is 70.8. The summed E-state index contributed by atoms with van der Waals surface area (Å²) in [5, 5.41) is 62.5. The van der Waals surface area contributed by atoms with E-state index in [1.807, 2.05) is 0 Å². The van der Waals surface area contributed by atoms with Crippen LogP contribution in [-0.2, 0) is 184 Å². The minimum Gasteiger partial charge on any atom is -0.479 e. The summed E-state index contributed by atoms with van der Waals surface area (Å²) in [6.07, 6.45) is -50.6. The van der Waals surface area contributed by atoms with Gasteiger partial charge in [0.1, 0.15) is 91.5 Å². The average molecular weight is 1540 g/mol.